The van der Waals surface area contributed by atoms with Gasteiger partial charge in [0.1, 0.15) is 11.6 Å². The normalized spacial score (nSPS) is 13.2. The number of rotatable bonds is 32. The number of ketones is 1. The maximum Gasteiger partial charge on any atom is 0.413 e. The van der Waals surface area contributed by atoms with E-state index in [1.165, 1.54) is 45.2 Å². The molecule has 0 spiro atoms. The number of ether oxygens (including phenoxy) is 3. The van der Waals surface area contributed by atoms with E-state index in [-0.39, 0.29) is 80.0 Å². The Morgan fingerprint density at radius 3 is 1.79 bits per heavy atom. The van der Waals surface area contributed by atoms with Gasteiger partial charge in [0.2, 0.25) is 35.5 Å². The van der Waals surface area contributed by atoms with Crippen LogP contribution in [0.25, 0.3) is 11.0 Å². The summed E-state index contributed by atoms with van der Waals surface area (Å²) in [6, 6.07) is 25.6. The second kappa shape index (κ2) is 40.3. The number of nitrogens with two attached hydrogens (primary N) is 1. The molecule has 1 aliphatic rings. The number of esters is 1. The van der Waals surface area contributed by atoms with E-state index in [0.717, 1.165) is 41.2 Å². The standard InChI is InChI=1S/C25H48N6O8.C22H26N2O4S.C16H12FN3O3/c1-21(32)29(37)18-9-3-6-16-27-22(33)12-14-25(36)31(39)20-10-4-7-17-28-23(34)11-13-24(35)30(38)19-8-2-5-15-26;1-15(25)28-20-21(16-9-11-17(27-4)12-10-16)29-19-8-6-5-7-18(19)24(22(20)26)14-13-23(2)3;1-23-16(22)20-15-18-12-7-4-10(8-13(12)19-15)14(21)9-2-5-11(17)6-3-9/h37-39H,2-20,26H2,1H3,(H,27,33)(H,28,34);5-12,20-21H,13-14H2,1-4H3;2-8H,1H3,(H2,18,19,20,22)/t;20-,21+;/m.1./s1. The van der Waals surface area contributed by atoms with Crippen LogP contribution < -0.4 is 31.3 Å². The molecule has 0 radical (unpaired) electrons. The highest BCUT2D eigenvalue weighted by atomic mass is 32.2. The van der Waals surface area contributed by atoms with Crippen LogP contribution in [0.4, 0.5) is 20.8 Å². The van der Waals surface area contributed by atoms with Crippen LogP contribution in [0.1, 0.15) is 124 Å². The van der Waals surface area contributed by atoms with Crippen LogP contribution in [0.3, 0.4) is 0 Å². The Morgan fingerprint density at radius 1 is 0.692 bits per heavy atom. The minimum Gasteiger partial charge on any atom is -0.497 e. The Morgan fingerprint density at radius 2 is 1.25 bits per heavy atom. The number of halogens is 1. The number of imidazole rings is 1. The number of aromatic amines is 1. The van der Waals surface area contributed by atoms with Gasteiger partial charge in [-0.15, -0.1) is 11.8 Å². The number of anilines is 2. The number of unbranched alkanes of at least 4 members (excludes halogenated alkanes) is 6. The van der Waals surface area contributed by atoms with Crippen molar-refractivity contribution < 1.29 is 77.4 Å². The smallest absolute Gasteiger partial charge is 0.413 e. The first-order valence-electron chi connectivity index (χ1n) is 29.9. The lowest BCUT2D eigenvalue weighted by Crippen LogP contribution is -2.45. The molecule has 0 aliphatic carbocycles. The zero-order valence-corrected chi connectivity index (χ0v) is 53.3. The van der Waals surface area contributed by atoms with Crippen molar-refractivity contribution in [3.8, 4) is 5.75 Å². The van der Waals surface area contributed by atoms with Crippen molar-refractivity contribution in [3.05, 3.63) is 114 Å². The number of methoxy groups -OCH3 is 2. The van der Waals surface area contributed by atoms with Crippen LogP contribution in [0, 0.1) is 5.82 Å². The zero-order chi connectivity index (χ0) is 66.8. The first kappa shape index (κ1) is 74.9. The van der Waals surface area contributed by atoms with E-state index in [9.17, 15) is 63.2 Å². The largest absolute Gasteiger partial charge is 0.497 e. The van der Waals surface area contributed by atoms with Crippen molar-refractivity contribution in [1.82, 2.24) is 40.7 Å². The maximum absolute atomic E-state index is 13.6. The number of carbonyl (C=O) groups excluding carboxylic acids is 9. The molecule has 6 rings (SSSR count). The third-order valence-corrected chi connectivity index (χ3v) is 15.2. The van der Waals surface area contributed by atoms with E-state index in [1.807, 2.05) is 67.5 Å². The number of aromatic nitrogens is 2. The number of amides is 7. The minimum absolute atomic E-state index is 0.0191. The van der Waals surface area contributed by atoms with Gasteiger partial charge in [0.05, 0.1) is 36.2 Å². The highest BCUT2D eigenvalue weighted by molar-refractivity contribution is 7.99. The summed E-state index contributed by atoms with van der Waals surface area (Å²) in [4.78, 5) is 119. The average Bonchev–Trinajstić information content (AvgIpc) is 1.70. The molecule has 2 atom stereocenters. The zero-order valence-electron chi connectivity index (χ0n) is 52.5. The van der Waals surface area contributed by atoms with Crippen LogP contribution in [0.5, 0.6) is 5.75 Å². The minimum atomic E-state index is -0.916. The van der Waals surface area contributed by atoms with E-state index in [4.69, 9.17) is 15.2 Å². The van der Waals surface area contributed by atoms with Gasteiger partial charge < -0.3 is 45.4 Å². The Labute approximate surface area is 533 Å². The number of nitrogens with zero attached hydrogens (tertiary/aromatic N) is 6. The number of fused-ring (bicyclic) bond motifs is 2. The van der Waals surface area contributed by atoms with Crippen molar-refractivity contribution in [2.75, 3.05) is 90.9 Å². The Hall–Kier alpha value is -8.54. The summed E-state index contributed by atoms with van der Waals surface area (Å²) in [5.41, 5.74) is 9.12. The highest BCUT2D eigenvalue weighted by Crippen LogP contribution is 2.47. The van der Waals surface area contributed by atoms with Crippen molar-refractivity contribution in [1.29, 1.82) is 0 Å². The molecule has 9 N–H and O–H groups in total. The van der Waals surface area contributed by atoms with Gasteiger partial charge in [0, 0.05) is 101 Å². The third-order valence-electron chi connectivity index (χ3n) is 13.8. The molecule has 0 fully saturated rings. The molecule has 4 aromatic carbocycles. The molecular formula is C63H86FN11O15S. The molecule has 28 heteroatoms. The quantitative estimate of drug-likeness (QED) is 0.00683. The van der Waals surface area contributed by atoms with Crippen LogP contribution in [-0.2, 0) is 43.0 Å². The first-order chi connectivity index (χ1) is 43.5. The summed E-state index contributed by atoms with van der Waals surface area (Å²) in [7, 11) is 6.79. The summed E-state index contributed by atoms with van der Waals surface area (Å²) in [5.74, 6) is -2.42. The second-order valence-electron chi connectivity index (χ2n) is 21.2. The molecule has 0 saturated heterocycles. The number of benzene rings is 4. The van der Waals surface area contributed by atoms with Gasteiger partial charge >= 0.3 is 12.1 Å². The van der Waals surface area contributed by atoms with Gasteiger partial charge in [0.15, 0.2) is 11.9 Å². The average molecular weight is 1290 g/mol. The molecule has 0 bridgehead atoms. The van der Waals surface area contributed by atoms with Crippen LogP contribution in [0.15, 0.2) is 95.9 Å². The molecule has 1 aliphatic heterocycles. The fourth-order valence-corrected chi connectivity index (χ4v) is 10.1. The van der Waals surface area contributed by atoms with Crippen LogP contribution in [-0.4, -0.2) is 186 Å². The van der Waals surface area contributed by atoms with Gasteiger partial charge in [0.25, 0.3) is 5.91 Å². The topological polar surface area (TPSA) is 349 Å². The number of nitrogens with one attached hydrogen (secondary N) is 4. The Balaban J connectivity index is 0.000000301. The Bertz CT molecular complexity index is 3160. The van der Waals surface area contributed by atoms with Crippen molar-refractivity contribution in [3.63, 3.8) is 0 Å². The number of para-hydroxylation sites is 1. The number of H-pyrrole nitrogens is 1. The molecule has 91 heavy (non-hydrogen) atoms. The fraction of sp³-hybridized carbons (Fsp3) is 0.460. The predicted octanol–water partition coefficient (Wildman–Crippen LogP) is 7.40. The summed E-state index contributed by atoms with van der Waals surface area (Å²) >= 11 is 1.54. The molecule has 0 unspecified atom stereocenters. The van der Waals surface area contributed by atoms with Gasteiger partial charge in [-0.05, 0) is 144 Å². The molecule has 2 heterocycles. The fourth-order valence-electron chi connectivity index (χ4n) is 8.81. The van der Waals surface area contributed by atoms with Gasteiger partial charge in [-0.25, -0.2) is 29.4 Å². The number of hydrogen-bond acceptors (Lipinski definition) is 19. The van der Waals surface area contributed by atoms with E-state index in [0.29, 0.717) is 109 Å². The first-order valence-corrected chi connectivity index (χ1v) is 30.8. The number of hydrogen-bond donors (Lipinski definition) is 8. The lowest BCUT2D eigenvalue weighted by atomic mass is 10.0. The number of thioether (sulfide) groups is 1. The van der Waals surface area contributed by atoms with Crippen molar-refractivity contribution >= 4 is 87.7 Å². The monoisotopic (exact) mass is 1290 g/mol. The van der Waals surface area contributed by atoms with Gasteiger partial charge in [-0.1, -0.05) is 30.7 Å². The summed E-state index contributed by atoms with van der Waals surface area (Å²) in [5, 5.41) is 38.1. The molecule has 1 aromatic heterocycles. The van der Waals surface area contributed by atoms with Crippen molar-refractivity contribution in [2.45, 2.75) is 114 Å². The summed E-state index contributed by atoms with van der Waals surface area (Å²) < 4.78 is 28.2. The molecule has 5 aromatic rings. The summed E-state index contributed by atoms with van der Waals surface area (Å²) in [6.45, 7) is 5.77. The molecule has 496 valence electrons. The lowest BCUT2D eigenvalue weighted by Gasteiger charge is -2.28. The third kappa shape index (κ3) is 26.8. The van der Waals surface area contributed by atoms with E-state index in [2.05, 4.69) is 30.7 Å². The number of carbonyl (C=O) groups is 9. The van der Waals surface area contributed by atoms with Crippen LogP contribution in [0.2, 0.25) is 0 Å². The number of hydroxylamine groups is 6. The van der Waals surface area contributed by atoms with E-state index in [1.54, 1.807) is 42.0 Å². The van der Waals surface area contributed by atoms with Gasteiger partial charge in [-0.3, -0.25) is 59.3 Å². The van der Waals surface area contributed by atoms with E-state index >= 15 is 0 Å². The molecular weight excluding hydrogens is 1200 g/mol. The van der Waals surface area contributed by atoms with Crippen LogP contribution >= 0.6 is 11.8 Å². The highest BCUT2D eigenvalue weighted by Gasteiger charge is 2.41. The molecule has 7 amide bonds. The molecule has 0 saturated carbocycles. The van der Waals surface area contributed by atoms with Crippen molar-refractivity contribution in [2.24, 2.45) is 5.73 Å². The second-order valence-corrected chi connectivity index (χ2v) is 22.4. The maximum atomic E-state index is 13.6. The molecule has 26 nitrogen and oxygen atoms in total. The Kier molecular flexibility index (Phi) is 33.1. The predicted molar refractivity (Wildman–Crippen MR) is 338 cm³/mol. The summed E-state index contributed by atoms with van der Waals surface area (Å²) in [6.07, 6.45) is 4.27. The number of likely N-dealkylation sites (N-methyl/N-ethyl adjacent to an activating group) is 1. The van der Waals surface area contributed by atoms with E-state index < -0.39 is 41.7 Å². The lowest BCUT2D eigenvalue weighted by molar-refractivity contribution is -0.166. The SMILES string of the molecule is CC(=O)N(O)CCCCCNC(=O)CCC(=O)N(O)CCCCCNC(=O)CCC(=O)N(O)CCCCCN.COC(=O)Nc1nc2cc(C(=O)c3ccc(F)cc3)ccc2[nH]1.COc1ccc([C@@H]2Sc3ccccc3N(CCN(C)C)C(=O)[C@@H]2OC(C)=O)cc1. The van der Waals surface area contributed by atoms with Gasteiger partial charge in [-0.2, -0.15) is 0 Å².